The van der Waals surface area contributed by atoms with Crippen molar-refractivity contribution in [2.24, 2.45) is 5.92 Å². The fourth-order valence-electron chi connectivity index (χ4n) is 3.64. The van der Waals surface area contributed by atoms with E-state index in [9.17, 15) is 19.8 Å². The number of carboxylic acids is 1. The molecule has 30 heavy (non-hydrogen) atoms. The van der Waals surface area contributed by atoms with Crippen LogP contribution in [0.4, 0.5) is 0 Å². The highest BCUT2D eigenvalue weighted by molar-refractivity contribution is 5.86. The zero-order valence-electron chi connectivity index (χ0n) is 17.4. The van der Waals surface area contributed by atoms with Crippen LogP contribution < -0.4 is 10.9 Å². The number of hydrogen-bond donors (Lipinski definition) is 3. The molecule has 0 bridgehead atoms. The SMILES string of the molecule is Cc1c(Cc2ccccc2)c(=O)oc2c(CNC(CC(C)C)C(=O)O)c(O)ccc12. The topological polar surface area (TPSA) is 99.8 Å². The van der Waals surface area contributed by atoms with Gasteiger partial charge >= 0.3 is 11.6 Å². The lowest BCUT2D eigenvalue weighted by Gasteiger charge is -2.18. The minimum absolute atomic E-state index is 0.0398. The van der Waals surface area contributed by atoms with E-state index in [1.807, 2.05) is 51.1 Å². The van der Waals surface area contributed by atoms with E-state index in [0.29, 0.717) is 24.0 Å². The van der Waals surface area contributed by atoms with Crippen LogP contribution in [0.2, 0.25) is 0 Å². The van der Waals surface area contributed by atoms with E-state index >= 15 is 0 Å². The highest BCUT2D eigenvalue weighted by atomic mass is 16.4. The fourth-order valence-corrected chi connectivity index (χ4v) is 3.64. The minimum Gasteiger partial charge on any atom is -0.507 e. The normalized spacial score (nSPS) is 12.4. The molecule has 0 aliphatic rings. The van der Waals surface area contributed by atoms with Crippen molar-refractivity contribution < 1.29 is 19.4 Å². The van der Waals surface area contributed by atoms with Gasteiger partial charge in [-0.25, -0.2) is 4.79 Å². The zero-order chi connectivity index (χ0) is 21.8. The number of phenols is 1. The molecule has 0 saturated carbocycles. The number of nitrogens with one attached hydrogen (secondary N) is 1. The van der Waals surface area contributed by atoms with Crippen molar-refractivity contribution in [3.63, 3.8) is 0 Å². The van der Waals surface area contributed by atoms with Gasteiger partial charge in [0.25, 0.3) is 0 Å². The van der Waals surface area contributed by atoms with Gasteiger partial charge in [-0.3, -0.25) is 4.79 Å². The summed E-state index contributed by atoms with van der Waals surface area (Å²) in [6, 6.07) is 12.2. The Morgan fingerprint density at radius 3 is 2.43 bits per heavy atom. The van der Waals surface area contributed by atoms with Crippen LogP contribution in [0, 0.1) is 12.8 Å². The predicted octanol–water partition coefficient (Wildman–Crippen LogP) is 3.99. The molecule has 0 radical (unpaired) electrons. The van der Waals surface area contributed by atoms with Gasteiger partial charge in [-0.1, -0.05) is 44.2 Å². The number of rotatable bonds is 8. The number of carboxylic acid groups (broad SMARTS) is 1. The monoisotopic (exact) mass is 409 g/mol. The Balaban J connectivity index is 1.99. The lowest BCUT2D eigenvalue weighted by atomic mass is 9.98. The average molecular weight is 409 g/mol. The molecular formula is C24H27NO5. The molecular weight excluding hydrogens is 382 g/mol. The number of aliphatic carboxylic acids is 1. The number of aryl methyl sites for hydroxylation is 1. The quantitative estimate of drug-likeness (QED) is 0.487. The summed E-state index contributed by atoms with van der Waals surface area (Å²) in [4.78, 5) is 24.3. The number of aromatic hydroxyl groups is 1. The summed E-state index contributed by atoms with van der Waals surface area (Å²) >= 11 is 0. The first-order valence-corrected chi connectivity index (χ1v) is 10.0. The molecule has 0 aliphatic carbocycles. The number of fused-ring (bicyclic) bond motifs is 1. The van der Waals surface area contributed by atoms with Crippen molar-refractivity contribution in [1.82, 2.24) is 5.32 Å². The third-order valence-corrected chi connectivity index (χ3v) is 5.29. The number of phenolic OH excluding ortho intramolecular Hbond substituents is 1. The van der Waals surface area contributed by atoms with Crippen molar-refractivity contribution >= 4 is 16.9 Å². The number of hydrogen-bond acceptors (Lipinski definition) is 5. The van der Waals surface area contributed by atoms with Crippen LogP contribution in [0.15, 0.2) is 51.7 Å². The van der Waals surface area contributed by atoms with Gasteiger partial charge < -0.3 is 19.9 Å². The fraction of sp³-hybridized carbons (Fsp3) is 0.333. The van der Waals surface area contributed by atoms with Crippen LogP contribution in [0.25, 0.3) is 11.0 Å². The molecule has 0 fully saturated rings. The lowest BCUT2D eigenvalue weighted by molar-refractivity contribution is -0.140. The van der Waals surface area contributed by atoms with E-state index < -0.39 is 17.6 Å². The molecule has 0 saturated heterocycles. The number of carbonyl (C=O) groups is 1. The Labute approximate surface area is 175 Å². The third kappa shape index (κ3) is 4.71. The standard InChI is InChI=1S/C24H27NO5/c1-14(2)11-20(23(27)28)25-13-19-21(26)10-9-17-15(3)18(24(29)30-22(17)19)12-16-7-5-4-6-8-16/h4-10,14,20,25-26H,11-13H2,1-3H3,(H,27,28). The molecule has 1 unspecified atom stereocenters. The summed E-state index contributed by atoms with van der Waals surface area (Å²) < 4.78 is 5.63. The first kappa shape index (κ1) is 21.6. The smallest absolute Gasteiger partial charge is 0.340 e. The molecule has 0 aliphatic heterocycles. The Morgan fingerprint density at radius 2 is 1.80 bits per heavy atom. The van der Waals surface area contributed by atoms with Gasteiger partial charge in [-0.05, 0) is 42.5 Å². The van der Waals surface area contributed by atoms with E-state index in [2.05, 4.69) is 5.32 Å². The lowest BCUT2D eigenvalue weighted by Crippen LogP contribution is -2.37. The Morgan fingerprint density at radius 1 is 1.10 bits per heavy atom. The predicted molar refractivity (Wildman–Crippen MR) is 116 cm³/mol. The van der Waals surface area contributed by atoms with Gasteiger partial charge in [0.1, 0.15) is 17.4 Å². The molecule has 0 amide bonds. The molecule has 3 aromatic rings. The van der Waals surface area contributed by atoms with Crippen LogP contribution >= 0.6 is 0 Å². The second-order valence-electron chi connectivity index (χ2n) is 8.00. The maximum absolute atomic E-state index is 12.8. The van der Waals surface area contributed by atoms with Crippen molar-refractivity contribution in [3.05, 3.63) is 75.1 Å². The van der Waals surface area contributed by atoms with Gasteiger partial charge in [0.15, 0.2) is 0 Å². The van der Waals surface area contributed by atoms with Crippen LogP contribution in [0.5, 0.6) is 5.75 Å². The molecule has 3 rings (SSSR count). The Kier molecular flexibility index (Phi) is 6.57. The van der Waals surface area contributed by atoms with Gasteiger partial charge in [0.05, 0.1) is 5.56 Å². The molecule has 3 N–H and O–H groups in total. The van der Waals surface area contributed by atoms with Crippen molar-refractivity contribution in [2.45, 2.75) is 46.2 Å². The van der Waals surface area contributed by atoms with Crippen molar-refractivity contribution in [3.8, 4) is 5.75 Å². The van der Waals surface area contributed by atoms with Crippen LogP contribution in [0.1, 0.15) is 42.5 Å². The average Bonchev–Trinajstić information content (AvgIpc) is 2.69. The number of benzene rings is 2. The van der Waals surface area contributed by atoms with Crippen LogP contribution in [-0.4, -0.2) is 22.2 Å². The van der Waals surface area contributed by atoms with Crippen molar-refractivity contribution in [2.75, 3.05) is 0 Å². The second-order valence-corrected chi connectivity index (χ2v) is 8.00. The van der Waals surface area contributed by atoms with Gasteiger partial charge in [-0.2, -0.15) is 0 Å². The van der Waals surface area contributed by atoms with Crippen LogP contribution in [-0.2, 0) is 17.8 Å². The largest absolute Gasteiger partial charge is 0.507 e. The summed E-state index contributed by atoms with van der Waals surface area (Å²) in [6.45, 7) is 5.84. The van der Waals surface area contributed by atoms with E-state index in [0.717, 1.165) is 16.5 Å². The molecule has 0 spiro atoms. The van der Waals surface area contributed by atoms with Gasteiger partial charge in [-0.15, -0.1) is 0 Å². The zero-order valence-corrected chi connectivity index (χ0v) is 17.4. The molecule has 158 valence electrons. The third-order valence-electron chi connectivity index (χ3n) is 5.29. The molecule has 6 heteroatoms. The molecule has 6 nitrogen and oxygen atoms in total. The summed E-state index contributed by atoms with van der Waals surface area (Å²) in [5.74, 6) is -0.798. The summed E-state index contributed by atoms with van der Waals surface area (Å²) in [5.41, 5.74) is 2.59. The molecule has 2 aromatic carbocycles. The Hall–Kier alpha value is -3.12. The summed E-state index contributed by atoms with van der Waals surface area (Å²) in [5, 5.41) is 23.5. The van der Waals surface area contributed by atoms with Gasteiger partial charge in [0, 0.05) is 23.9 Å². The van der Waals surface area contributed by atoms with E-state index in [1.165, 1.54) is 0 Å². The Bertz CT molecular complexity index is 1100. The van der Waals surface area contributed by atoms with E-state index in [1.54, 1.807) is 12.1 Å². The molecule has 1 aromatic heterocycles. The minimum atomic E-state index is -0.953. The van der Waals surface area contributed by atoms with E-state index in [-0.39, 0.29) is 23.8 Å². The highest BCUT2D eigenvalue weighted by Crippen LogP contribution is 2.30. The molecule has 1 atom stereocenters. The van der Waals surface area contributed by atoms with Gasteiger partial charge in [0.2, 0.25) is 0 Å². The first-order valence-electron chi connectivity index (χ1n) is 10.0. The molecule has 1 heterocycles. The maximum Gasteiger partial charge on any atom is 0.340 e. The summed E-state index contributed by atoms with van der Waals surface area (Å²) in [6.07, 6.45) is 0.903. The highest BCUT2D eigenvalue weighted by Gasteiger charge is 2.21. The van der Waals surface area contributed by atoms with Crippen molar-refractivity contribution in [1.29, 1.82) is 0 Å². The van der Waals surface area contributed by atoms with Crippen LogP contribution in [0.3, 0.4) is 0 Å². The maximum atomic E-state index is 12.8. The first-order chi connectivity index (χ1) is 14.3. The second kappa shape index (κ2) is 9.13. The summed E-state index contributed by atoms with van der Waals surface area (Å²) in [7, 11) is 0. The van der Waals surface area contributed by atoms with E-state index in [4.69, 9.17) is 4.42 Å².